The molecule has 0 atom stereocenters. The molecule has 0 radical (unpaired) electrons. The monoisotopic (exact) mass is 251 g/mol. The average molecular weight is 252 g/mol. The normalized spacial score (nSPS) is 10.2. The first-order valence-electron chi connectivity index (χ1n) is 4.91. The van der Waals surface area contributed by atoms with Crippen LogP contribution in [0.5, 0.6) is 5.75 Å². The Hall–Kier alpha value is -1.88. The number of nitrogens with zero attached hydrogens (tertiary/aromatic N) is 3. The van der Waals surface area contributed by atoms with E-state index in [-0.39, 0.29) is 6.61 Å². The predicted molar refractivity (Wildman–Crippen MR) is 62.2 cm³/mol. The van der Waals surface area contributed by atoms with Crippen LogP contribution >= 0.6 is 11.6 Å². The molecule has 0 N–H and O–H groups in total. The summed E-state index contributed by atoms with van der Waals surface area (Å²) in [6.07, 6.45) is 2.28. The minimum atomic E-state index is 0.209. The Balaban J connectivity index is 2.19. The second kappa shape index (κ2) is 4.97. The molecule has 0 aliphatic rings. The minimum Gasteiger partial charge on any atom is -0.483 e. The van der Waals surface area contributed by atoms with Gasteiger partial charge in [0.25, 0.3) is 0 Å². The van der Waals surface area contributed by atoms with E-state index in [0.717, 1.165) is 0 Å². The minimum absolute atomic E-state index is 0.209. The molecule has 0 unspecified atom stereocenters. The molecule has 2 aromatic rings. The third-order valence-electron chi connectivity index (χ3n) is 2.28. The summed E-state index contributed by atoms with van der Waals surface area (Å²) in [5.74, 6) is 1.02. The van der Waals surface area contributed by atoms with Gasteiger partial charge in [-0.25, -0.2) is 0 Å². The van der Waals surface area contributed by atoms with Crippen molar-refractivity contribution >= 4 is 17.9 Å². The summed E-state index contributed by atoms with van der Waals surface area (Å²) in [6.45, 7) is 0.209. The van der Waals surface area contributed by atoms with Gasteiger partial charge in [-0.05, 0) is 12.1 Å². The van der Waals surface area contributed by atoms with Crippen LogP contribution in [0.3, 0.4) is 0 Å². The number of aryl methyl sites for hydroxylation is 1. The summed E-state index contributed by atoms with van der Waals surface area (Å²) in [6, 6.07) is 5.01. The number of aldehydes is 1. The number of carbonyl (C=O) groups excluding carboxylic acids is 1. The Morgan fingerprint density at radius 3 is 3.00 bits per heavy atom. The Bertz CT molecular complexity index is 539. The van der Waals surface area contributed by atoms with Crippen LogP contribution < -0.4 is 4.74 Å². The number of rotatable bonds is 4. The summed E-state index contributed by atoms with van der Waals surface area (Å²) < 4.78 is 7.23. The molecule has 5 nitrogen and oxygen atoms in total. The van der Waals surface area contributed by atoms with Crippen LogP contribution in [-0.4, -0.2) is 21.1 Å². The van der Waals surface area contributed by atoms with E-state index in [9.17, 15) is 4.79 Å². The van der Waals surface area contributed by atoms with Gasteiger partial charge in [0, 0.05) is 7.05 Å². The van der Waals surface area contributed by atoms with Crippen LogP contribution in [0.2, 0.25) is 5.02 Å². The van der Waals surface area contributed by atoms with Crippen molar-refractivity contribution in [3.8, 4) is 5.75 Å². The highest BCUT2D eigenvalue weighted by molar-refractivity contribution is 6.32. The van der Waals surface area contributed by atoms with Gasteiger partial charge in [-0.3, -0.25) is 4.79 Å². The average Bonchev–Trinajstić information content (AvgIpc) is 2.73. The van der Waals surface area contributed by atoms with Gasteiger partial charge in [-0.2, -0.15) is 0 Å². The number of para-hydroxylation sites is 1. The number of carbonyl (C=O) groups is 1. The fraction of sp³-hybridized carbons (Fsp3) is 0.182. The van der Waals surface area contributed by atoms with Crippen molar-refractivity contribution in [1.82, 2.24) is 14.8 Å². The number of hydrogen-bond donors (Lipinski definition) is 0. The summed E-state index contributed by atoms with van der Waals surface area (Å²) in [5.41, 5.74) is 0.416. The number of ether oxygens (including phenoxy) is 1. The lowest BCUT2D eigenvalue weighted by Crippen LogP contribution is -2.04. The zero-order valence-electron chi connectivity index (χ0n) is 9.13. The predicted octanol–water partition coefficient (Wildman–Crippen LogP) is 1.86. The molecule has 1 aromatic heterocycles. The van der Waals surface area contributed by atoms with E-state index < -0.39 is 0 Å². The summed E-state index contributed by atoms with van der Waals surface area (Å²) >= 11 is 5.96. The van der Waals surface area contributed by atoms with Crippen LogP contribution in [0.25, 0.3) is 0 Å². The van der Waals surface area contributed by atoms with Crippen molar-refractivity contribution in [1.29, 1.82) is 0 Å². The maximum Gasteiger partial charge on any atom is 0.170 e. The smallest absolute Gasteiger partial charge is 0.170 e. The van der Waals surface area contributed by atoms with Crippen molar-refractivity contribution in [2.24, 2.45) is 7.05 Å². The topological polar surface area (TPSA) is 57.0 Å². The van der Waals surface area contributed by atoms with Crippen molar-refractivity contribution in [2.45, 2.75) is 6.61 Å². The van der Waals surface area contributed by atoms with Crippen LogP contribution in [-0.2, 0) is 13.7 Å². The van der Waals surface area contributed by atoms with Crippen LogP contribution in [0.4, 0.5) is 0 Å². The molecule has 0 amide bonds. The van der Waals surface area contributed by atoms with Gasteiger partial charge >= 0.3 is 0 Å². The summed E-state index contributed by atoms with van der Waals surface area (Å²) in [4.78, 5) is 10.8. The van der Waals surface area contributed by atoms with Gasteiger partial charge in [0.15, 0.2) is 12.1 Å². The fourth-order valence-electron chi connectivity index (χ4n) is 1.35. The van der Waals surface area contributed by atoms with Crippen LogP contribution in [0.15, 0.2) is 24.5 Å². The maximum absolute atomic E-state index is 10.8. The van der Waals surface area contributed by atoms with E-state index in [2.05, 4.69) is 10.2 Å². The highest BCUT2D eigenvalue weighted by Crippen LogP contribution is 2.28. The molecule has 0 aliphatic carbocycles. The highest BCUT2D eigenvalue weighted by Gasteiger charge is 2.09. The first-order chi connectivity index (χ1) is 8.22. The fourth-order valence-corrected chi connectivity index (χ4v) is 1.58. The van der Waals surface area contributed by atoms with Crippen molar-refractivity contribution in [3.63, 3.8) is 0 Å². The Labute approximate surface area is 103 Å². The van der Waals surface area contributed by atoms with Gasteiger partial charge in [0.2, 0.25) is 0 Å². The van der Waals surface area contributed by atoms with Gasteiger partial charge in [-0.1, -0.05) is 17.7 Å². The Morgan fingerprint density at radius 2 is 2.35 bits per heavy atom. The van der Waals surface area contributed by atoms with Crippen LogP contribution in [0.1, 0.15) is 16.2 Å². The molecule has 1 heterocycles. The number of aromatic nitrogens is 3. The zero-order valence-corrected chi connectivity index (χ0v) is 9.89. The largest absolute Gasteiger partial charge is 0.483 e. The second-order valence-corrected chi connectivity index (χ2v) is 3.83. The van der Waals surface area contributed by atoms with Gasteiger partial charge in [-0.15, -0.1) is 10.2 Å². The zero-order chi connectivity index (χ0) is 12.3. The Kier molecular flexibility index (Phi) is 3.39. The molecular weight excluding hydrogens is 242 g/mol. The first kappa shape index (κ1) is 11.6. The third kappa shape index (κ3) is 2.45. The third-order valence-corrected chi connectivity index (χ3v) is 2.57. The van der Waals surface area contributed by atoms with Gasteiger partial charge in [0.05, 0.1) is 10.6 Å². The molecule has 0 saturated heterocycles. The number of benzene rings is 1. The Morgan fingerprint density at radius 1 is 1.53 bits per heavy atom. The number of halogens is 1. The molecule has 0 aliphatic heterocycles. The van der Waals surface area contributed by atoms with E-state index >= 15 is 0 Å². The standard InChI is InChI=1S/C11H10ClN3O2/c1-15-7-13-14-10(15)6-17-11-8(5-16)3-2-4-9(11)12/h2-5,7H,6H2,1H3. The van der Waals surface area contributed by atoms with Crippen LogP contribution in [0, 0.1) is 0 Å². The molecule has 17 heavy (non-hydrogen) atoms. The van der Waals surface area contributed by atoms with Crippen molar-refractivity contribution in [3.05, 3.63) is 40.9 Å². The van der Waals surface area contributed by atoms with E-state index in [1.165, 1.54) is 0 Å². The molecule has 0 saturated carbocycles. The number of hydrogen-bond acceptors (Lipinski definition) is 4. The summed E-state index contributed by atoms with van der Waals surface area (Å²) in [7, 11) is 1.81. The molecule has 0 spiro atoms. The molecular formula is C11H10ClN3O2. The van der Waals surface area contributed by atoms with E-state index in [0.29, 0.717) is 28.4 Å². The lowest BCUT2D eigenvalue weighted by molar-refractivity contribution is 0.111. The van der Waals surface area contributed by atoms with Crippen molar-refractivity contribution in [2.75, 3.05) is 0 Å². The maximum atomic E-state index is 10.8. The molecule has 88 valence electrons. The quantitative estimate of drug-likeness (QED) is 0.779. The lowest BCUT2D eigenvalue weighted by atomic mass is 10.2. The lowest BCUT2D eigenvalue weighted by Gasteiger charge is -2.09. The SMILES string of the molecule is Cn1cnnc1COc1c(Cl)cccc1C=O. The summed E-state index contributed by atoms with van der Waals surface area (Å²) in [5, 5.41) is 8.00. The molecule has 6 heteroatoms. The van der Waals surface area contributed by atoms with E-state index in [4.69, 9.17) is 16.3 Å². The van der Waals surface area contributed by atoms with E-state index in [1.54, 1.807) is 29.1 Å². The van der Waals surface area contributed by atoms with Crippen molar-refractivity contribution < 1.29 is 9.53 Å². The van der Waals surface area contributed by atoms with Gasteiger partial charge < -0.3 is 9.30 Å². The highest BCUT2D eigenvalue weighted by atomic mass is 35.5. The molecule has 1 aromatic carbocycles. The molecule has 0 fully saturated rings. The first-order valence-corrected chi connectivity index (χ1v) is 5.29. The molecule has 0 bridgehead atoms. The van der Waals surface area contributed by atoms with Gasteiger partial charge in [0.1, 0.15) is 18.7 Å². The second-order valence-electron chi connectivity index (χ2n) is 3.42. The molecule has 2 rings (SSSR count). The van der Waals surface area contributed by atoms with E-state index in [1.807, 2.05) is 7.05 Å².